The zero-order chi connectivity index (χ0) is 27.2. The molecule has 0 saturated heterocycles. The molecular formula is C16H36F6N2O6S2. The van der Waals surface area contributed by atoms with Gasteiger partial charge in [0.1, 0.15) is 0 Å². The summed E-state index contributed by atoms with van der Waals surface area (Å²) in [6.07, 6.45) is 2.58. The maximum atomic E-state index is 10.7. The van der Waals surface area contributed by atoms with Gasteiger partial charge in [-0.2, -0.15) is 26.3 Å². The first-order valence-electron chi connectivity index (χ1n) is 9.42. The minimum Gasteiger partial charge on any atom is -0.741 e. The molecule has 0 aliphatic carbocycles. The molecule has 0 aliphatic heterocycles. The Bertz CT molecular complexity index is 631. The highest BCUT2D eigenvalue weighted by atomic mass is 32.2. The molecule has 0 spiro atoms. The molecule has 0 bridgehead atoms. The Hall–Kier alpha value is -0.680. The van der Waals surface area contributed by atoms with Gasteiger partial charge in [-0.25, -0.2) is 16.8 Å². The van der Waals surface area contributed by atoms with Gasteiger partial charge in [0.2, 0.25) is 0 Å². The number of hydrogen-bond acceptors (Lipinski definition) is 6. The van der Waals surface area contributed by atoms with Crippen molar-refractivity contribution in [3.8, 4) is 0 Å². The molecule has 0 saturated carbocycles. The van der Waals surface area contributed by atoms with E-state index in [4.69, 9.17) is 25.9 Å². The zero-order valence-corrected chi connectivity index (χ0v) is 21.3. The largest absolute Gasteiger partial charge is 0.741 e. The molecule has 0 radical (unpaired) electrons. The molecular weight excluding hydrogens is 494 g/mol. The van der Waals surface area contributed by atoms with E-state index >= 15 is 0 Å². The lowest BCUT2D eigenvalue weighted by molar-refractivity contribution is -0.888. The summed E-state index contributed by atoms with van der Waals surface area (Å²) in [7, 11) is -3.11. The lowest BCUT2D eigenvalue weighted by Crippen LogP contribution is -2.39. The van der Waals surface area contributed by atoms with Crippen molar-refractivity contribution >= 4 is 20.2 Å². The maximum absolute atomic E-state index is 10.7. The highest BCUT2D eigenvalue weighted by molar-refractivity contribution is 7.86. The molecule has 0 atom stereocenters. The van der Waals surface area contributed by atoms with Crippen LogP contribution in [0.2, 0.25) is 0 Å². The van der Waals surface area contributed by atoms with E-state index in [0.29, 0.717) is 0 Å². The summed E-state index contributed by atoms with van der Waals surface area (Å²) in [4.78, 5) is 0. The van der Waals surface area contributed by atoms with Crippen LogP contribution in [0.25, 0.3) is 0 Å². The SMILES string of the molecule is CCC[N+](C)(C)CC.CCC[N+](C)(C)CC.O=S(=O)([O-])C(F)(F)F.O=S(=O)([O-])C(F)(F)F. The number of quaternary nitrogens is 2. The molecule has 0 heterocycles. The first-order valence-corrected chi connectivity index (χ1v) is 12.2. The molecule has 32 heavy (non-hydrogen) atoms. The standard InChI is InChI=1S/2C7H18N.2CHF3O3S/c2*1-5-7-8(3,4)6-2;2*2-1(3,4)8(5,6)7/h2*5-7H2,1-4H3;2*(H,5,6,7)/q2*+1;;/p-2. The van der Waals surface area contributed by atoms with Gasteiger partial charge in [-0.3, -0.25) is 0 Å². The van der Waals surface area contributed by atoms with E-state index < -0.39 is 31.3 Å². The van der Waals surface area contributed by atoms with Crippen molar-refractivity contribution < 1.29 is 61.2 Å². The first kappa shape index (κ1) is 38.6. The third-order valence-corrected chi connectivity index (χ3v) is 5.07. The second-order valence-electron chi connectivity index (χ2n) is 7.75. The van der Waals surface area contributed by atoms with Gasteiger partial charge in [0.05, 0.1) is 54.4 Å². The third kappa shape index (κ3) is 24.0. The van der Waals surface area contributed by atoms with Crippen molar-refractivity contribution in [1.29, 1.82) is 0 Å². The van der Waals surface area contributed by atoms with Gasteiger partial charge in [0.25, 0.3) is 0 Å². The Kier molecular flexibility index (Phi) is 18.4. The van der Waals surface area contributed by atoms with E-state index in [-0.39, 0.29) is 0 Å². The highest BCUT2D eigenvalue weighted by Crippen LogP contribution is 2.21. The lowest BCUT2D eigenvalue weighted by Gasteiger charge is -2.27. The smallest absolute Gasteiger partial charge is 0.485 e. The van der Waals surface area contributed by atoms with Crippen LogP contribution in [0.5, 0.6) is 0 Å². The first-order chi connectivity index (χ1) is 13.7. The molecule has 0 aromatic carbocycles. The second-order valence-corrected chi connectivity index (χ2v) is 10.5. The van der Waals surface area contributed by atoms with Crippen LogP contribution in [-0.2, 0) is 20.2 Å². The van der Waals surface area contributed by atoms with Gasteiger partial charge >= 0.3 is 11.0 Å². The number of hydrogen-bond donors (Lipinski definition) is 0. The van der Waals surface area contributed by atoms with E-state index in [1.165, 1.54) is 39.0 Å². The van der Waals surface area contributed by atoms with E-state index in [0.717, 1.165) is 8.97 Å². The fraction of sp³-hybridized carbons (Fsp3) is 1.00. The molecule has 0 unspecified atom stereocenters. The Labute approximate surface area is 187 Å². The van der Waals surface area contributed by atoms with Crippen LogP contribution in [0.4, 0.5) is 26.3 Å². The Morgan fingerprint density at radius 2 is 0.750 bits per heavy atom. The van der Waals surface area contributed by atoms with Crippen molar-refractivity contribution in [2.24, 2.45) is 0 Å². The van der Waals surface area contributed by atoms with Gasteiger partial charge in [-0.05, 0) is 26.7 Å². The van der Waals surface area contributed by atoms with Gasteiger partial charge < -0.3 is 18.1 Å². The monoisotopic (exact) mass is 530 g/mol. The summed E-state index contributed by atoms with van der Waals surface area (Å²) in [6.45, 7) is 14.0. The number of rotatable bonds is 6. The lowest BCUT2D eigenvalue weighted by atomic mass is 10.4. The van der Waals surface area contributed by atoms with Crippen LogP contribution in [0.3, 0.4) is 0 Å². The Morgan fingerprint density at radius 1 is 0.594 bits per heavy atom. The van der Waals surface area contributed by atoms with Gasteiger partial charge in [0.15, 0.2) is 20.2 Å². The number of halogens is 6. The van der Waals surface area contributed by atoms with E-state index in [2.05, 4.69) is 55.9 Å². The van der Waals surface area contributed by atoms with Crippen molar-refractivity contribution in [3.05, 3.63) is 0 Å². The van der Waals surface area contributed by atoms with Gasteiger partial charge in [-0.15, -0.1) is 0 Å². The minimum atomic E-state index is -6.09. The van der Waals surface area contributed by atoms with Gasteiger partial charge in [-0.1, -0.05) is 13.8 Å². The van der Waals surface area contributed by atoms with E-state index in [1.54, 1.807) is 0 Å². The molecule has 0 aliphatic rings. The maximum Gasteiger partial charge on any atom is 0.485 e. The van der Waals surface area contributed by atoms with Crippen molar-refractivity contribution in [2.45, 2.75) is 51.6 Å². The predicted octanol–water partition coefficient (Wildman–Crippen LogP) is 3.09. The van der Waals surface area contributed by atoms with Gasteiger partial charge in [0, 0.05) is 0 Å². The van der Waals surface area contributed by atoms with Crippen molar-refractivity contribution in [1.82, 2.24) is 0 Å². The van der Waals surface area contributed by atoms with Crippen LogP contribution in [0.15, 0.2) is 0 Å². The van der Waals surface area contributed by atoms with Crippen LogP contribution in [0.1, 0.15) is 40.5 Å². The summed E-state index contributed by atoms with van der Waals surface area (Å²) in [5, 5.41) is 0. The number of nitrogens with zero attached hydrogens (tertiary/aromatic N) is 2. The van der Waals surface area contributed by atoms with Crippen LogP contribution in [0, 0.1) is 0 Å². The van der Waals surface area contributed by atoms with E-state index in [1.807, 2.05) is 0 Å². The molecule has 0 aromatic heterocycles. The number of alkyl halides is 6. The third-order valence-electron chi connectivity index (χ3n) is 3.94. The van der Waals surface area contributed by atoms with E-state index in [9.17, 15) is 26.3 Å². The molecule has 0 N–H and O–H groups in total. The fourth-order valence-corrected chi connectivity index (χ4v) is 1.53. The van der Waals surface area contributed by atoms with Crippen molar-refractivity contribution in [2.75, 3.05) is 54.4 Å². The molecule has 200 valence electrons. The molecule has 0 rings (SSSR count). The minimum absolute atomic E-state index is 1.16. The average molecular weight is 531 g/mol. The summed E-state index contributed by atoms with van der Waals surface area (Å²) in [5.74, 6) is 0. The highest BCUT2D eigenvalue weighted by Gasteiger charge is 2.37. The molecule has 16 heteroatoms. The summed E-state index contributed by atoms with van der Waals surface area (Å²) in [5.41, 5.74) is -11.3. The second kappa shape index (κ2) is 15.3. The molecule has 8 nitrogen and oxygen atoms in total. The summed E-state index contributed by atoms with van der Waals surface area (Å²) in [6, 6.07) is 0. The van der Waals surface area contributed by atoms with Crippen LogP contribution >= 0.6 is 0 Å². The normalized spacial score (nSPS) is 13.0. The molecule has 0 amide bonds. The fourth-order valence-electron chi connectivity index (χ4n) is 1.53. The summed E-state index contributed by atoms with van der Waals surface area (Å²) >= 11 is 0. The quantitative estimate of drug-likeness (QED) is 0.226. The topological polar surface area (TPSA) is 114 Å². The van der Waals surface area contributed by atoms with Crippen molar-refractivity contribution in [3.63, 3.8) is 0 Å². The predicted molar refractivity (Wildman–Crippen MR) is 107 cm³/mol. The Balaban J connectivity index is -0.000000163. The van der Waals surface area contributed by atoms with Crippen LogP contribution < -0.4 is 0 Å². The molecule has 0 aromatic rings. The average Bonchev–Trinajstić information content (AvgIpc) is 2.53. The zero-order valence-electron chi connectivity index (χ0n) is 19.7. The molecule has 0 fully saturated rings. The Morgan fingerprint density at radius 3 is 0.781 bits per heavy atom. The van der Waals surface area contributed by atoms with Crippen LogP contribution in [-0.4, -0.2) is 100 Å². The summed E-state index contributed by atoms with van der Waals surface area (Å²) < 4.78 is 120.